The molecule has 2 aliphatic rings. The van der Waals surface area contributed by atoms with Crippen LogP contribution in [0.3, 0.4) is 0 Å². The van der Waals surface area contributed by atoms with Gasteiger partial charge in [-0.15, -0.1) is 0 Å². The summed E-state index contributed by atoms with van der Waals surface area (Å²) < 4.78 is 15.9. The van der Waals surface area contributed by atoms with Crippen LogP contribution in [0.2, 0.25) is 0 Å². The van der Waals surface area contributed by atoms with Gasteiger partial charge in [-0.25, -0.2) is 4.79 Å². The van der Waals surface area contributed by atoms with Gasteiger partial charge in [0.1, 0.15) is 0 Å². The lowest BCUT2D eigenvalue weighted by atomic mass is 9.93. The number of rotatable bonds is 2. The molecule has 1 atom stereocenters. The maximum Gasteiger partial charge on any atom is 0.414 e. The molecular weight excluding hydrogens is 318 g/mol. The van der Waals surface area contributed by atoms with Crippen LogP contribution in [0.15, 0.2) is 48.5 Å². The molecule has 5 heteroatoms. The van der Waals surface area contributed by atoms with Gasteiger partial charge in [-0.1, -0.05) is 30.3 Å². The van der Waals surface area contributed by atoms with E-state index in [0.29, 0.717) is 6.42 Å². The van der Waals surface area contributed by atoms with E-state index in [1.54, 1.807) is 4.90 Å². The maximum atomic E-state index is 12.5. The molecule has 128 valence electrons. The van der Waals surface area contributed by atoms with E-state index in [1.165, 1.54) is 7.11 Å². The van der Waals surface area contributed by atoms with Gasteiger partial charge in [-0.05, 0) is 42.7 Å². The average Bonchev–Trinajstić information content (AvgIpc) is 3.09. The lowest BCUT2D eigenvalue weighted by Crippen LogP contribution is -2.43. The van der Waals surface area contributed by atoms with E-state index in [9.17, 15) is 4.79 Å². The maximum absolute atomic E-state index is 12.5. The quantitative estimate of drug-likeness (QED) is 0.830. The standard InChI is InChI=1S/C20H19NO4/c1-13-9-15(10-14-7-8-18-19(11-14)25-12-24-18)21(20(22)23-2)17-6-4-3-5-16(13)17/h3-9,11,15H,10,12H2,1-2H3. The number of carbonyl (C=O) groups excluding carboxylic acids is 1. The predicted molar refractivity (Wildman–Crippen MR) is 95.0 cm³/mol. The summed E-state index contributed by atoms with van der Waals surface area (Å²) in [6.45, 7) is 2.32. The Morgan fingerprint density at radius 3 is 2.84 bits per heavy atom. The number of methoxy groups -OCH3 is 1. The van der Waals surface area contributed by atoms with E-state index in [0.717, 1.165) is 33.9 Å². The third-order valence-corrected chi connectivity index (χ3v) is 4.62. The number of carbonyl (C=O) groups is 1. The minimum atomic E-state index is -0.359. The van der Waals surface area contributed by atoms with E-state index >= 15 is 0 Å². The number of hydrogen-bond acceptors (Lipinski definition) is 4. The predicted octanol–water partition coefficient (Wildman–Crippen LogP) is 4.02. The molecule has 0 spiro atoms. The molecule has 4 rings (SSSR count). The summed E-state index contributed by atoms with van der Waals surface area (Å²) in [4.78, 5) is 14.2. The first-order chi connectivity index (χ1) is 12.2. The molecule has 2 heterocycles. The van der Waals surface area contributed by atoms with Crippen molar-refractivity contribution < 1.29 is 19.0 Å². The van der Waals surface area contributed by atoms with Crippen LogP contribution in [0.5, 0.6) is 11.5 Å². The Bertz CT molecular complexity index is 859. The fraction of sp³-hybridized carbons (Fsp3) is 0.250. The summed E-state index contributed by atoms with van der Waals surface area (Å²) in [6.07, 6.45) is 2.42. The third kappa shape index (κ3) is 2.71. The van der Waals surface area contributed by atoms with Gasteiger partial charge in [-0.3, -0.25) is 4.90 Å². The molecule has 1 amide bonds. The SMILES string of the molecule is COC(=O)N1c2ccccc2C(C)=CC1Cc1ccc2c(c1)OCO2. The summed E-state index contributed by atoms with van der Waals surface area (Å²) in [5, 5.41) is 0. The van der Waals surface area contributed by atoms with Crippen LogP contribution < -0.4 is 14.4 Å². The van der Waals surface area contributed by atoms with Crippen molar-refractivity contribution >= 4 is 17.4 Å². The smallest absolute Gasteiger partial charge is 0.414 e. The van der Waals surface area contributed by atoms with Crippen molar-refractivity contribution in [2.24, 2.45) is 0 Å². The lowest BCUT2D eigenvalue weighted by Gasteiger charge is -2.34. The molecule has 0 aromatic heterocycles. The average molecular weight is 337 g/mol. The summed E-state index contributed by atoms with van der Waals surface area (Å²) in [6, 6.07) is 13.7. The number of anilines is 1. The zero-order chi connectivity index (χ0) is 17.4. The van der Waals surface area contributed by atoms with Crippen molar-refractivity contribution in [2.75, 3.05) is 18.8 Å². The van der Waals surface area contributed by atoms with Crippen LogP contribution in [-0.4, -0.2) is 26.0 Å². The summed E-state index contributed by atoms with van der Waals surface area (Å²) in [5.74, 6) is 1.51. The Balaban J connectivity index is 1.70. The molecule has 5 nitrogen and oxygen atoms in total. The molecule has 0 saturated heterocycles. The Hall–Kier alpha value is -2.95. The highest BCUT2D eigenvalue weighted by Gasteiger charge is 2.31. The molecule has 0 N–H and O–H groups in total. The van der Waals surface area contributed by atoms with Crippen molar-refractivity contribution in [3.8, 4) is 11.5 Å². The van der Waals surface area contributed by atoms with Gasteiger partial charge in [0.15, 0.2) is 11.5 Å². The zero-order valence-electron chi connectivity index (χ0n) is 14.2. The molecule has 0 radical (unpaired) electrons. The molecule has 2 aromatic rings. The van der Waals surface area contributed by atoms with Crippen molar-refractivity contribution in [1.29, 1.82) is 0 Å². The number of allylic oxidation sites excluding steroid dienone is 1. The van der Waals surface area contributed by atoms with Gasteiger partial charge in [0.2, 0.25) is 6.79 Å². The highest BCUT2D eigenvalue weighted by atomic mass is 16.7. The first-order valence-electron chi connectivity index (χ1n) is 8.21. The van der Waals surface area contributed by atoms with E-state index < -0.39 is 0 Å². The second-order valence-electron chi connectivity index (χ2n) is 6.17. The monoisotopic (exact) mass is 337 g/mol. The van der Waals surface area contributed by atoms with Gasteiger partial charge < -0.3 is 14.2 Å². The normalized spacial score (nSPS) is 17.8. The van der Waals surface area contributed by atoms with Gasteiger partial charge in [0.05, 0.1) is 18.8 Å². The van der Waals surface area contributed by atoms with Crippen molar-refractivity contribution in [3.63, 3.8) is 0 Å². The molecule has 0 fully saturated rings. The first-order valence-corrected chi connectivity index (χ1v) is 8.21. The highest BCUT2D eigenvalue weighted by Crippen LogP contribution is 2.37. The van der Waals surface area contributed by atoms with Crippen molar-refractivity contribution in [3.05, 3.63) is 59.7 Å². The molecular formula is C20H19NO4. The number of nitrogens with zero attached hydrogens (tertiary/aromatic N) is 1. The number of benzene rings is 2. The van der Waals surface area contributed by atoms with E-state index in [4.69, 9.17) is 14.2 Å². The van der Waals surface area contributed by atoms with E-state index in [1.807, 2.05) is 42.5 Å². The summed E-state index contributed by atoms with van der Waals surface area (Å²) >= 11 is 0. The third-order valence-electron chi connectivity index (χ3n) is 4.62. The van der Waals surface area contributed by atoms with Gasteiger partial charge in [0, 0.05) is 5.56 Å². The minimum absolute atomic E-state index is 0.122. The second kappa shape index (κ2) is 6.16. The Morgan fingerprint density at radius 1 is 1.20 bits per heavy atom. The molecule has 0 saturated carbocycles. The Kier molecular flexibility index (Phi) is 3.84. The Labute approximate surface area is 146 Å². The van der Waals surface area contributed by atoms with Crippen LogP contribution in [0, 0.1) is 0 Å². The number of amides is 1. The van der Waals surface area contributed by atoms with Crippen LogP contribution in [0.4, 0.5) is 10.5 Å². The minimum Gasteiger partial charge on any atom is -0.454 e. The zero-order valence-corrected chi connectivity index (χ0v) is 14.2. The first kappa shape index (κ1) is 15.6. The van der Waals surface area contributed by atoms with E-state index in [2.05, 4.69) is 13.0 Å². The molecule has 0 aliphatic carbocycles. The summed E-state index contributed by atoms with van der Waals surface area (Å²) in [7, 11) is 1.41. The number of para-hydroxylation sites is 1. The Morgan fingerprint density at radius 2 is 2.00 bits per heavy atom. The number of ether oxygens (including phenoxy) is 3. The van der Waals surface area contributed by atoms with Gasteiger partial charge in [0.25, 0.3) is 0 Å². The van der Waals surface area contributed by atoms with Gasteiger partial charge >= 0.3 is 6.09 Å². The van der Waals surface area contributed by atoms with Crippen LogP contribution in [0.25, 0.3) is 5.57 Å². The highest BCUT2D eigenvalue weighted by molar-refractivity contribution is 5.95. The fourth-order valence-corrected chi connectivity index (χ4v) is 3.44. The van der Waals surface area contributed by atoms with Gasteiger partial charge in [-0.2, -0.15) is 0 Å². The molecule has 1 unspecified atom stereocenters. The van der Waals surface area contributed by atoms with Crippen molar-refractivity contribution in [1.82, 2.24) is 0 Å². The van der Waals surface area contributed by atoms with E-state index in [-0.39, 0.29) is 18.9 Å². The molecule has 2 aliphatic heterocycles. The second-order valence-corrected chi connectivity index (χ2v) is 6.17. The van der Waals surface area contributed by atoms with Crippen molar-refractivity contribution in [2.45, 2.75) is 19.4 Å². The topological polar surface area (TPSA) is 48.0 Å². The summed E-state index contributed by atoms with van der Waals surface area (Å²) in [5.41, 5.74) is 4.16. The molecule has 2 aromatic carbocycles. The number of fused-ring (bicyclic) bond motifs is 2. The van der Waals surface area contributed by atoms with Crippen LogP contribution in [0.1, 0.15) is 18.1 Å². The fourth-order valence-electron chi connectivity index (χ4n) is 3.44. The largest absolute Gasteiger partial charge is 0.454 e. The lowest BCUT2D eigenvalue weighted by molar-refractivity contribution is 0.174. The number of hydrogen-bond donors (Lipinski definition) is 0. The molecule has 25 heavy (non-hydrogen) atoms. The molecule has 0 bridgehead atoms. The van der Waals surface area contributed by atoms with Crippen LogP contribution in [-0.2, 0) is 11.2 Å². The van der Waals surface area contributed by atoms with Crippen LogP contribution >= 0.6 is 0 Å².